The Bertz CT molecular complexity index is 1100. The highest BCUT2D eigenvalue weighted by Crippen LogP contribution is 2.39. The molecule has 0 unspecified atom stereocenters. The van der Waals surface area contributed by atoms with E-state index in [9.17, 15) is 9.59 Å². The zero-order valence-corrected chi connectivity index (χ0v) is 18.4. The number of methoxy groups -OCH3 is 3. The number of nitrogens with one attached hydrogen (secondary N) is 1. The van der Waals surface area contributed by atoms with E-state index in [1.807, 2.05) is 30.5 Å². The van der Waals surface area contributed by atoms with Crippen molar-refractivity contribution in [3.63, 3.8) is 0 Å². The number of hydrogen-bond donors (Lipinski definition) is 1. The fourth-order valence-corrected chi connectivity index (χ4v) is 3.54. The van der Waals surface area contributed by atoms with Crippen molar-refractivity contribution in [3.8, 4) is 28.5 Å². The average molecular weight is 442 g/mol. The SMILES string of the molecule is COc1ccc(C(=O)OCC(=O)Nc2cccc(-c3csc(C)n3)c2)c(OC)c1OC. The molecule has 0 spiro atoms. The van der Waals surface area contributed by atoms with Crippen LogP contribution in [-0.2, 0) is 9.53 Å². The van der Waals surface area contributed by atoms with Crippen LogP contribution in [0.5, 0.6) is 17.2 Å². The molecular formula is C22H22N2O6S. The number of amides is 1. The molecule has 3 rings (SSSR count). The van der Waals surface area contributed by atoms with Gasteiger partial charge in [0.1, 0.15) is 5.56 Å². The summed E-state index contributed by atoms with van der Waals surface area (Å²) in [6, 6.07) is 10.3. The van der Waals surface area contributed by atoms with Gasteiger partial charge in [0.25, 0.3) is 5.91 Å². The standard InChI is InChI=1S/C22H22N2O6S/c1-13-23-17(12-31-13)14-6-5-7-15(10-14)24-19(25)11-30-22(26)16-8-9-18(27-2)21(29-4)20(16)28-3/h5-10,12H,11H2,1-4H3,(H,24,25). The quantitative estimate of drug-likeness (QED) is 0.528. The Morgan fingerprint density at radius 1 is 1.03 bits per heavy atom. The first-order valence-corrected chi connectivity index (χ1v) is 10.1. The number of esters is 1. The van der Waals surface area contributed by atoms with Gasteiger partial charge in [-0.25, -0.2) is 9.78 Å². The van der Waals surface area contributed by atoms with Gasteiger partial charge in [-0.3, -0.25) is 4.79 Å². The van der Waals surface area contributed by atoms with E-state index in [2.05, 4.69) is 10.3 Å². The molecule has 0 aliphatic rings. The number of aromatic nitrogens is 1. The number of hydrogen-bond acceptors (Lipinski definition) is 8. The molecule has 1 aromatic heterocycles. The third kappa shape index (κ3) is 5.13. The van der Waals surface area contributed by atoms with E-state index in [0.717, 1.165) is 16.3 Å². The molecule has 0 atom stereocenters. The molecule has 0 saturated heterocycles. The van der Waals surface area contributed by atoms with Crippen molar-refractivity contribution in [2.24, 2.45) is 0 Å². The third-order valence-electron chi connectivity index (χ3n) is 4.32. The molecule has 31 heavy (non-hydrogen) atoms. The van der Waals surface area contributed by atoms with Crippen molar-refractivity contribution in [3.05, 3.63) is 52.3 Å². The summed E-state index contributed by atoms with van der Waals surface area (Å²) >= 11 is 1.55. The van der Waals surface area contributed by atoms with Gasteiger partial charge in [-0.2, -0.15) is 0 Å². The average Bonchev–Trinajstić information content (AvgIpc) is 3.22. The molecule has 8 nitrogen and oxygen atoms in total. The summed E-state index contributed by atoms with van der Waals surface area (Å²) < 4.78 is 20.9. The lowest BCUT2D eigenvalue weighted by Gasteiger charge is -2.15. The van der Waals surface area contributed by atoms with Crippen LogP contribution in [0.25, 0.3) is 11.3 Å². The molecule has 0 aliphatic carbocycles. The largest absolute Gasteiger partial charge is 0.493 e. The van der Waals surface area contributed by atoms with Crippen LogP contribution in [0.15, 0.2) is 41.8 Å². The maximum absolute atomic E-state index is 12.5. The highest BCUT2D eigenvalue weighted by molar-refractivity contribution is 7.09. The van der Waals surface area contributed by atoms with Crippen LogP contribution < -0.4 is 19.5 Å². The zero-order valence-electron chi connectivity index (χ0n) is 17.6. The van der Waals surface area contributed by atoms with Crippen LogP contribution in [0.3, 0.4) is 0 Å². The first-order chi connectivity index (χ1) is 15.0. The molecule has 2 aromatic carbocycles. The molecule has 162 valence electrons. The van der Waals surface area contributed by atoms with Crippen LogP contribution in [0.4, 0.5) is 5.69 Å². The van der Waals surface area contributed by atoms with E-state index < -0.39 is 18.5 Å². The Kier molecular flexibility index (Phi) is 7.09. The van der Waals surface area contributed by atoms with Gasteiger partial charge in [0.05, 0.1) is 32.0 Å². The van der Waals surface area contributed by atoms with Gasteiger partial charge in [-0.05, 0) is 31.2 Å². The van der Waals surface area contributed by atoms with Crippen LogP contribution >= 0.6 is 11.3 Å². The summed E-state index contributed by atoms with van der Waals surface area (Å²) in [5.74, 6) is -0.362. The lowest BCUT2D eigenvalue weighted by Crippen LogP contribution is -2.21. The molecule has 0 radical (unpaired) electrons. The Morgan fingerprint density at radius 3 is 2.45 bits per heavy atom. The molecule has 9 heteroatoms. The van der Waals surface area contributed by atoms with Crippen LogP contribution in [0, 0.1) is 6.92 Å². The lowest BCUT2D eigenvalue weighted by molar-refractivity contribution is -0.119. The minimum atomic E-state index is -0.723. The Morgan fingerprint density at radius 2 is 1.81 bits per heavy atom. The van der Waals surface area contributed by atoms with Crippen LogP contribution in [0.1, 0.15) is 15.4 Å². The maximum Gasteiger partial charge on any atom is 0.342 e. The van der Waals surface area contributed by atoms with Crippen LogP contribution in [-0.4, -0.2) is 44.8 Å². The predicted octanol–water partition coefficient (Wildman–Crippen LogP) is 3.94. The smallest absolute Gasteiger partial charge is 0.342 e. The summed E-state index contributed by atoms with van der Waals surface area (Å²) in [7, 11) is 4.31. The Balaban J connectivity index is 1.66. The normalized spacial score (nSPS) is 10.3. The van der Waals surface area contributed by atoms with Gasteiger partial charge in [0.15, 0.2) is 18.1 Å². The summed E-state index contributed by atoms with van der Waals surface area (Å²) in [4.78, 5) is 29.2. The number of aryl methyl sites for hydroxylation is 1. The van der Waals surface area contributed by atoms with E-state index in [1.54, 1.807) is 23.5 Å². The third-order valence-corrected chi connectivity index (χ3v) is 5.09. The fourth-order valence-electron chi connectivity index (χ4n) is 2.92. The fraction of sp³-hybridized carbons (Fsp3) is 0.227. The van der Waals surface area contributed by atoms with Crippen LogP contribution in [0.2, 0.25) is 0 Å². The van der Waals surface area contributed by atoms with Gasteiger partial charge >= 0.3 is 5.97 Å². The summed E-state index contributed by atoms with van der Waals surface area (Å²) in [6.45, 7) is 1.47. The number of rotatable bonds is 8. The minimum Gasteiger partial charge on any atom is -0.493 e. The first-order valence-electron chi connectivity index (χ1n) is 9.25. The number of ether oxygens (including phenoxy) is 4. The second-order valence-electron chi connectivity index (χ2n) is 6.34. The Labute approximate surface area is 183 Å². The van der Waals surface area contributed by atoms with E-state index in [0.29, 0.717) is 11.4 Å². The van der Waals surface area contributed by atoms with Crippen molar-refractivity contribution in [2.45, 2.75) is 6.92 Å². The molecule has 0 saturated carbocycles. The van der Waals surface area contributed by atoms with Gasteiger partial charge in [0.2, 0.25) is 5.75 Å². The summed E-state index contributed by atoms with van der Waals surface area (Å²) in [5, 5.41) is 5.63. The number of anilines is 1. The van der Waals surface area contributed by atoms with Gasteiger partial charge in [-0.1, -0.05) is 12.1 Å². The summed E-state index contributed by atoms with van der Waals surface area (Å²) in [6.07, 6.45) is 0. The number of nitrogens with zero attached hydrogens (tertiary/aromatic N) is 1. The monoisotopic (exact) mass is 442 g/mol. The molecule has 1 N–H and O–H groups in total. The van der Waals surface area contributed by atoms with E-state index in [-0.39, 0.29) is 17.1 Å². The van der Waals surface area contributed by atoms with Crippen molar-refractivity contribution in [2.75, 3.05) is 33.3 Å². The number of carbonyl (C=O) groups is 2. The molecule has 0 bridgehead atoms. The molecule has 1 heterocycles. The van der Waals surface area contributed by atoms with Gasteiger partial charge in [0, 0.05) is 16.6 Å². The van der Waals surface area contributed by atoms with Gasteiger partial charge in [-0.15, -0.1) is 11.3 Å². The highest BCUT2D eigenvalue weighted by Gasteiger charge is 2.22. The van der Waals surface area contributed by atoms with Crippen molar-refractivity contribution >= 4 is 28.9 Å². The topological polar surface area (TPSA) is 96.0 Å². The second kappa shape index (κ2) is 9.94. The van der Waals surface area contributed by atoms with E-state index in [1.165, 1.54) is 27.4 Å². The van der Waals surface area contributed by atoms with E-state index >= 15 is 0 Å². The maximum atomic E-state index is 12.5. The van der Waals surface area contributed by atoms with Crippen molar-refractivity contribution in [1.29, 1.82) is 0 Å². The minimum absolute atomic E-state index is 0.119. The molecular weight excluding hydrogens is 420 g/mol. The van der Waals surface area contributed by atoms with Crippen molar-refractivity contribution < 1.29 is 28.5 Å². The molecule has 3 aromatic rings. The molecule has 0 fully saturated rings. The Hall–Kier alpha value is -3.59. The number of thiazole rings is 1. The first kappa shape index (κ1) is 22.1. The molecule has 1 amide bonds. The van der Waals surface area contributed by atoms with Crippen molar-refractivity contribution in [1.82, 2.24) is 4.98 Å². The number of carbonyl (C=O) groups excluding carboxylic acids is 2. The summed E-state index contributed by atoms with van der Waals surface area (Å²) in [5.41, 5.74) is 2.42. The van der Waals surface area contributed by atoms with E-state index in [4.69, 9.17) is 18.9 Å². The second-order valence-corrected chi connectivity index (χ2v) is 7.40. The molecule has 0 aliphatic heterocycles. The predicted molar refractivity (Wildman–Crippen MR) is 117 cm³/mol. The highest BCUT2D eigenvalue weighted by atomic mass is 32.1. The lowest BCUT2D eigenvalue weighted by atomic mass is 10.1. The van der Waals surface area contributed by atoms with Gasteiger partial charge < -0.3 is 24.3 Å². The zero-order chi connectivity index (χ0) is 22.4. The number of benzene rings is 2.